The Hall–Kier alpha value is -1.55. The summed E-state index contributed by atoms with van der Waals surface area (Å²) in [5.74, 6) is 1.15. The van der Waals surface area contributed by atoms with Crippen LogP contribution in [0.1, 0.15) is 63.0 Å². The maximum absolute atomic E-state index is 13.0. The zero-order valence-corrected chi connectivity index (χ0v) is 14.8. The molecule has 0 spiro atoms. The average molecular weight is 330 g/mol. The average Bonchev–Trinajstić information content (AvgIpc) is 3.12. The molecule has 24 heavy (non-hydrogen) atoms. The molecule has 1 aromatic rings. The molecule has 1 amide bonds. The molecule has 1 aromatic carbocycles. The number of carbonyl (C=O) groups is 1. The van der Waals surface area contributed by atoms with Crippen molar-refractivity contribution >= 4 is 5.91 Å². The molecule has 1 heterocycles. The highest BCUT2D eigenvalue weighted by Gasteiger charge is 2.37. The lowest BCUT2D eigenvalue weighted by Crippen LogP contribution is -2.40. The summed E-state index contributed by atoms with van der Waals surface area (Å²) in [6, 6.07) is 8.36. The van der Waals surface area contributed by atoms with Crippen LogP contribution in [-0.4, -0.2) is 31.0 Å². The summed E-state index contributed by atoms with van der Waals surface area (Å²) in [7, 11) is 1.68. The van der Waals surface area contributed by atoms with E-state index in [1.54, 1.807) is 7.11 Å². The van der Waals surface area contributed by atoms with E-state index in [2.05, 4.69) is 17.0 Å². The third-order valence-corrected chi connectivity index (χ3v) is 5.95. The van der Waals surface area contributed by atoms with Gasteiger partial charge in [-0.3, -0.25) is 4.79 Å². The molecular formula is C20H30N2O2. The van der Waals surface area contributed by atoms with E-state index in [9.17, 15) is 4.79 Å². The molecule has 1 aliphatic heterocycles. The van der Waals surface area contributed by atoms with Crippen molar-refractivity contribution in [1.29, 1.82) is 0 Å². The Morgan fingerprint density at radius 1 is 1.21 bits per heavy atom. The van der Waals surface area contributed by atoms with Gasteiger partial charge in [-0.1, -0.05) is 31.4 Å². The Morgan fingerprint density at radius 2 is 1.92 bits per heavy atom. The minimum absolute atomic E-state index is 0.0440. The van der Waals surface area contributed by atoms with E-state index in [-0.39, 0.29) is 11.5 Å². The molecule has 2 fully saturated rings. The van der Waals surface area contributed by atoms with Crippen LogP contribution in [0, 0.1) is 5.41 Å². The Labute approximate surface area is 145 Å². The van der Waals surface area contributed by atoms with Gasteiger partial charge in [0.25, 0.3) is 0 Å². The number of hydrogen-bond donors (Lipinski definition) is 1. The Bertz CT molecular complexity index is 549. The van der Waals surface area contributed by atoms with Crippen LogP contribution in [0.5, 0.6) is 5.75 Å². The van der Waals surface area contributed by atoms with Crippen LogP contribution in [0.25, 0.3) is 0 Å². The van der Waals surface area contributed by atoms with Crippen molar-refractivity contribution in [3.05, 3.63) is 29.8 Å². The number of benzene rings is 1. The van der Waals surface area contributed by atoms with E-state index in [1.165, 1.54) is 24.8 Å². The van der Waals surface area contributed by atoms with E-state index in [1.807, 2.05) is 12.1 Å². The van der Waals surface area contributed by atoms with Crippen LogP contribution >= 0.6 is 0 Å². The third-order valence-electron chi connectivity index (χ3n) is 5.95. The number of amides is 1. The first-order chi connectivity index (χ1) is 11.7. The highest BCUT2D eigenvalue weighted by atomic mass is 16.5. The van der Waals surface area contributed by atoms with Gasteiger partial charge in [-0.2, -0.15) is 0 Å². The van der Waals surface area contributed by atoms with Crippen LogP contribution in [0.2, 0.25) is 0 Å². The first kappa shape index (κ1) is 17.3. The smallest absolute Gasteiger partial charge is 0.223 e. The minimum atomic E-state index is 0.0440. The molecule has 4 nitrogen and oxygen atoms in total. The summed E-state index contributed by atoms with van der Waals surface area (Å²) in [5, 5.41) is 0. The lowest BCUT2D eigenvalue weighted by molar-refractivity contribution is -0.135. The molecule has 1 unspecified atom stereocenters. The summed E-state index contributed by atoms with van der Waals surface area (Å²) >= 11 is 0. The number of ether oxygens (including phenoxy) is 1. The normalized spacial score (nSPS) is 23.2. The predicted molar refractivity (Wildman–Crippen MR) is 95.9 cm³/mol. The maximum atomic E-state index is 13.0. The van der Waals surface area contributed by atoms with Gasteiger partial charge in [0.15, 0.2) is 0 Å². The second-order valence-electron chi connectivity index (χ2n) is 7.46. The monoisotopic (exact) mass is 330 g/mol. The zero-order valence-electron chi connectivity index (χ0n) is 14.8. The van der Waals surface area contributed by atoms with E-state index in [0.717, 1.165) is 38.0 Å². The molecule has 1 saturated carbocycles. The molecule has 0 aromatic heterocycles. The van der Waals surface area contributed by atoms with Crippen molar-refractivity contribution in [2.45, 2.75) is 57.4 Å². The van der Waals surface area contributed by atoms with Crippen LogP contribution < -0.4 is 10.5 Å². The van der Waals surface area contributed by atoms with Gasteiger partial charge in [0, 0.05) is 13.0 Å². The summed E-state index contributed by atoms with van der Waals surface area (Å²) in [6.07, 6.45) is 8.68. The molecule has 1 saturated heterocycles. The fraction of sp³-hybridized carbons (Fsp3) is 0.650. The minimum Gasteiger partial charge on any atom is -0.497 e. The number of methoxy groups -OCH3 is 1. The SMILES string of the molecule is COc1ccc(C2CCCN2C(=O)CC2(CN)CCCCC2)cc1. The summed E-state index contributed by atoms with van der Waals surface area (Å²) in [6.45, 7) is 1.51. The molecule has 2 aliphatic rings. The number of nitrogens with two attached hydrogens (primary N) is 1. The maximum Gasteiger partial charge on any atom is 0.223 e. The highest BCUT2D eigenvalue weighted by Crippen LogP contribution is 2.41. The third kappa shape index (κ3) is 3.59. The van der Waals surface area contributed by atoms with Crippen molar-refractivity contribution in [3.63, 3.8) is 0 Å². The van der Waals surface area contributed by atoms with Crippen LogP contribution in [-0.2, 0) is 4.79 Å². The van der Waals surface area contributed by atoms with Gasteiger partial charge in [-0.05, 0) is 55.3 Å². The van der Waals surface area contributed by atoms with E-state index < -0.39 is 0 Å². The van der Waals surface area contributed by atoms with Crippen molar-refractivity contribution in [2.24, 2.45) is 11.1 Å². The molecule has 1 atom stereocenters. The van der Waals surface area contributed by atoms with Crippen molar-refractivity contribution in [3.8, 4) is 5.75 Å². The van der Waals surface area contributed by atoms with E-state index in [0.29, 0.717) is 18.9 Å². The van der Waals surface area contributed by atoms with Crippen LogP contribution in [0.4, 0.5) is 0 Å². The number of likely N-dealkylation sites (tertiary alicyclic amines) is 1. The molecule has 0 radical (unpaired) electrons. The molecule has 132 valence electrons. The Morgan fingerprint density at radius 3 is 2.54 bits per heavy atom. The lowest BCUT2D eigenvalue weighted by atomic mass is 9.71. The summed E-state index contributed by atoms with van der Waals surface area (Å²) in [5.41, 5.74) is 7.34. The Kier molecular flexibility index (Phi) is 5.44. The number of hydrogen-bond acceptors (Lipinski definition) is 3. The molecule has 1 aliphatic carbocycles. The van der Waals surface area contributed by atoms with E-state index >= 15 is 0 Å². The molecule has 3 rings (SSSR count). The van der Waals surface area contributed by atoms with Gasteiger partial charge in [0.1, 0.15) is 5.75 Å². The second-order valence-corrected chi connectivity index (χ2v) is 7.46. The largest absolute Gasteiger partial charge is 0.497 e. The van der Waals surface area contributed by atoms with Crippen molar-refractivity contribution in [2.75, 3.05) is 20.2 Å². The first-order valence-electron chi connectivity index (χ1n) is 9.31. The van der Waals surface area contributed by atoms with Crippen molar-refractivity contribution in [1.82, 2.24) is 4.90 Å². The number of nitrogens with zero attached hydrogens (tertiary/aromatic N) is 1. The predicted octanol–water partition coefficient (Wildman–Crippen LogP) is 3.66. The number of rotatable bonds is 5. The van der Waals surface area contributed by atoms with Gasteiger partial charge in [-0.25, -0.2) is 0 Å². The second kappa shape index (κ2) is 7.56. The van der Waals surface area contributed by atoms with Gasteiger partial charge >= 0.3 is 0 Å². The quantitative estimate of drug-likeness (QED) is 0.896. The lowest BCUT2D eigenvalue weighted by Gasteiger charge is -2.37. The van der Waals surface area contributed by atoms with Crippen molar-refractivity contribution < 1.29 is 9.53 Å². The van der Waals surface area contributed by atoms with Crippen LogP contribution in [0.15, 0.2) is 24.3 Å². The fourth-order valence-corrected chi connectivity index (χ4v) is 4.42. The highest BCUT2D eigenvalue weighted by molar-refractivity contribution is 5.78. The molecule has 0 bridgehead atoms. The fourth-order valence-electron chi connectivity index (χ4n) is 4.42. The molecule has 4 heteroatoms. The van der Waals surface area contributed by atoms with Gasteiger partial charge in [0.2, 0.25) is 5.91 Å². The first-order valence-corrected chi connectivity index (χ1v) is 9.31. The summed E-state index contributed by atoms with van der Waals surface area (Å²) < 4.78 is 5.24. The van der Waals surface area contributed by atoms with Gasteiger partial charge in [-0.15, -0.1) is 0 Å². The zero-order chi connectivity index (χ0) is 17.0. The summed E-state index contributed by atoms with van der Waals surface area (Å²) in [4.78, 5) is 15.1. The topological polar surface area (TPSA) is 55.6 Å². The molecular weight excluding hydrogens is 300 g/mol. The van der Waals surface area contributed by atoms with Gasteiger partial charge < -0.3 is 15.4 Å². The Balaban J connectivity index is 1.70. The van der Waals surface area contributed by atoms with E-state index in [4.69, 9.17) is 10.5 Å². The number of carbonyl (C=O) groups excluding carboxylic acids is 1. The van der Waals surface area contributed by atoms with Gasteiger partial charge in [0.05, 0.1) is 13.2 Å². The standard InChI is InChI=1S/C20H30N2O2/c1-24-17-9-7-16(8-10-17)18-6-5-13-22(18)19(23)14-20(15-21)11-3-2-4-12-20/h7-10,18H,2-6,11-15,21H2,1H3. The molecule has 2 N–H and O–H groups in total. The van der Waals surface area contributed by atoms with Crippen LogP contribution in [0.3, 0.4) is 0 Å².